The highest BCUT2D eigenvalue weighted by molar-refractivity contribution is 6.04. The molecule has 42 heavy (non-hydrogen) atoms. The molecule has 6 atom stereocenters. The fourth-order valence-corrected chi connectivity index (χ4v) is 7.25. The summed E-state index contributed by atoms with van der Waals surface area (Å²) < 4.78 is 6.77. The van der Waals surface area contributed by atoms with Gasteiger partial charge in [0, 0.05) is 25.3 Å². The maximum Gasteiger partial charge on any atom is 0.249 e. The van der Waals surface area contributed by atoms with Gasteiger partial charge in [-0.3, -0.25) is 14.4 Å². The van der Waals surface area contributed by atoms with Crippen molar-refractivity contribution in [3.8, 4) is 0 Å². The van der Waals surface area contributed by atoms with E-state index in [1.54, 1.807) is 14.7 Å². The molecule has 0 aromatic heterocycles. The van der Waals surface area contributed by atoms with Gasteiger partial charge < -0.3 is 24.5 Å². The number of carbonyl (C=O) groups excluding carboxylic acids is 3. The van der Waals surface area contributed by atoms with E-state index in [1.807, 2.05) is 85.0 Å². The van der Waals surface area contributed by atoms with E-state index in [2.05, 4.69) is 6.92 Å². The van der Waals surface area contributed by atoms with Crippen LogP contribution < -0.4 is 4.90 Å². The summed E-state index contributed by atoms with van der Waals surface area (Å²) in [7, 11) is 0. The van der Waals surface area contributed by atoms with Crippen molar-refractivity contribution in [2.24, 2.45) is 11.8 Å². The van der Waals surface area contributed by atoms with Crippen LogP contribution in [-0.4, -0.2) is 82.7 Å². The smallest absolute Gasteiger partial charge is 0.249 e. The lowest BCUT2D eigenvalue weighted by Gasteiger charge is -2.38. The van der Waals surface area contributed by atoms with Gasteiger partial charge >= 0.3 is 0 Å². The molecule has 8 heteroatoms. The monoisotopic (exact) mass is 569 g/mol. The minimum absolute atomic E-state index is 0.189. The van der Waals surface area contributed by atoms with E-state index in [4.69, 9.17) is 4.74 Å². The number of rotatable bonds is 9. The number of aliphatic hydroxyl groups is 1. The Kier molecular flexibility index (Phi) is 8.01. The van der Waals surface area contributed by atoms with Gasteiger partial charge in [-0.25, -0.2) is 0 Å². The number of unbranched alkanes of at least 4 members (excludes halogenated alkanes) is 2. The fourth-order valence-electron chi connectivity index (χ4n) is 7.25. The lowest BCUT2D eigenvalue weighted by Crippen LogP contribution is -2.58. The normalized spacial score (nSPS) is 29.3. The largest absolute Gasteiger partial charge is 0.394 e. The summed E-state index contributed by atoms with van der Waals surface area (Å²) in [5, 5.41) is 10.7. The molecule has 4 aliphatic rings. The molecule has 4 heterocycles. The number of nitrogens with zero attached hydrogens (tertiary/aromatic N) is 3. The van der Waals surface area contributed by atoms with Crippen LogP contribution in [0.2, 0.25) is 0 Å². The first kappa shape index (κ1) is 28.4. The molecule has 2 aromatic carbocycles. The average Bonchev–Trinajstić information content (AvgIpc) is 3.33. The van der Waals surface area contributed by atoms with Crippen LogP contribution >= 0.6 is 0 Å². The highest BCUT2D eigenvalue weighted by Gasteiger charge is 2.72. The third-order valence-corrected chi connectivity index (χ3v) is 9.20. The van der Waals surface area contributed by atoms with Crippen LogP contribution in [0.4, 0.5) is 5.69 Å². The van der Waals surface area contributed by atoms with Crippen LogP contribution in [-0.2, 0) is 25.5 Å². The number of benzene rings is 2. The second kappa shape index (κ2) is 11.9. The van der Waals surface area contributed by atoms with Gasteiger partial charge in [0.05, 0.1) is 30.6 Å². The molecule has 0 aliphatic carbocycles. The second-order valence-electron chi connectivity index (χ2n) is 11.7. The fraction of sp³-hybridized carbons (Fsp3) is 0.441. The van der Waals surface area contributed by atoms with Crippen LogP contribution in [0.3, 0.4) is 0 Å². The molecule has 220 valence electrons. The Labute approximate surface area is 247 Å². The third-order valence-electron chi connectivity index (χ3n) is 9.20. The highest BCUT2D eigenvalue weighted by Crippen LogP contribution is 2.54. The number of hydrogen-bond donors (Lipinski definition) is 1. The number of fused-ring (bicyclic) bond motifs is 2. The van der Waals surface area contributed by atoms with Crippen molar-refractivity contribution in [3.63, 3.8) is 0 Å². The summed E-state index contributed by atoms with van der Waals surface area (Å²) in [6.45, 7) is 3.16. The molecule has 8 nitrogen and oxygen atoms in total. The molecule has 0 saturated carbocycles. The Morgan fingerprint density at radius 1 is 0.929 bits per heavy atom. The minimum atomic E-state index is -1.31. The number of aliphatic hydroxyl groups excluding tert-OH is 1. The Bertz CT molecular complexity index is 1360. The van der Waals surface area contributed by atoms with Crippen molar-refractivity contribution < 1.29 is 24.2 Å². The van der Waals surface area contributed by atoms with E-state index >= 15 is 0 Å². The molecule has 4 aliphatic heterocycles. The van der Waals surface area contributed by atoms with Gasteiger partial charge in [0.25, 0.3) is 0 Å². The molecule has 0 radical (unpaired) electrons. The van der Waals surface area contributed by atoms with Crippen molar-refractivity contribution in [2.45, 2.75) is 56.4 Å². The number of para-hydroxylation sites is 1. The number of anilines is 1. The van der Waals surface area contributed by atoms with E-state index < -0.39 is 35.6 Å². The predicted octanol–water partition coefficient (Wildman–Crippen LogP) is 3.36. The summed E-state index contributed by atoms with van der Waals surface area (Å²) in [5.74, 6) is -2.39. The predicted molar refractivity (Wildman–Crippen MR) is 159 cm³/mol. The number of carbonyl (C=O) groups is 3. The number of likely N-dealkylation sites (tertiary alicyclic amines) is 1. The van der Waals surface area contributed by atoms with E-state index in [1.165, 1.54) is 0 Å². The van der Waals surface area contributed by atoms with Crippen LogP contribution in [0.5, 0.6) is 0 Å². The van der Waals surface area contributed by atoms with Crippen LogP contribution in [0.1, 0.15) is 31.7 Å². The quantitative estimate of drug-likeness (QED) is 0.370. The van der Waals surface area contributed by atoms with Crippen molar-refractivity contribution in [1.29, 1.82) is 0 Å². The van der Waals surface area contributed by atoms with E-state index in [-0.39, 0.29) is 24.3 Å². The first-order valence-electron chi connectivity index (χ1n) is 15.1. The average molecular weight is 570 g/mol. The molecule has 2 aromatic rings. The van der Waals surface area contributed by atoms with Crippen LogP contribution in [0.15, 0.2) is 85.0 Å². The maximum atomic E-state index is 14.7. The minimum Gasteiger partial charge on any atom is -0.394 e. The summed E-state index contributed by atoms with van der Waals surface area (Å²) in [6, 6.07) is 17.5. The number of amides is 3. The molecule has 0 bridgehead atoms. The van der Waals surface area contributed by atoms with Gasteiger partial charge in [0.1, 0.15) is 11.6 Å². The third kappa shape index (κ3) is 4.76. The molecule has 2 fully saturated rings. The second-order valence-corrected chi connectivity index (χ2v) is 11.7. The SMILES string of the molecule is CCCCCN1CC=C[C@]23O[C@@H]4C=CCN(c5ccccc5)C(=O)[C@@H]4[C@H]2C(=O)N([C@@H](CO)Cc2ccccc2)C3C1=O. The highest BCUT2D eigenvalue weighted by atomic mass is 16.5. The van der Waals surface area contributed by atoms with Crippen LogP contribution in [0.25, 0.3) is 0 Å². The molecule has 2 saturated heterocycles. The van der Waals surface area contributed by atoms with E-state index in [0.29, 0.717) is 26.1 Å². The lowest BCUT2D eigenvalue weighted by atomic mass is 9.77. The summed E-state index contributed by atoms with van der Waals surface area (Å²) in [4.78, 5) is 48.5. The Balaban J connectivity index is 1.42. The topological polar surface area (TPSA) is 90.4 Å². The molecular formula is C34H39N3O5. The number of ether oxygens (including phenoxy) is 1. The van der Waals surface area contributed by atoms with Gasteiger partial charge in [0.15, 0.2) is 0 Å². The molecule has 1 unspecified atom stereocenters. The Hall–Kier alpha value is -3.75. The van der Waals surface area contributed by atoms with Crippen molar-refractivity contribution >= 4 is 23.4 Å². The van der Waals surface area contributed by atoms with Gasteiger partial charge in [-0.05, 0) is 30.5 Å². The standard InChI is InChI=1S/C34H39N3O5/c1-2-3-10-19-35-20-12-18-34-29(28-27(42-34)17-11-21-36(31(28)39)25-15-8-5-9-16-25)32(40)37(30(34)33(35)41)26(23-38)22-24-13-6-4-7-14-24/h4-9,11-18,26-30,38H,2-3,10,19-23H2,1H3/t26-,27-,28+,29+,30?,34+/m1/s1. The summed E-state index contributed by atoms with van der Waals surface area (Å²) in [5.41, 5.74) is 0.390. The van der Waals surface area contributed by atoms with E-state index in [9.17, 15) is 19.5 Å². The summed E-state index contributed by atoms with van der Waals surface area (Å²) in [6.07, 6.45) is 10.2. The zero-order valence-electron chi connectivity index (χ0n) is 24.0. The van der Waals surface area contributed by atoms with Crippen molar-refractivity contribution in [3.05, 3.63) is 90.5 Å². The van der Waals surface area contributed by atoms with E-state index in [0.717, 1.165) is 30.5 Å². The van der Waals surface area contributed by atoms with Crippen molar-refractivity contribution in [2.75, 3.05) is 31.1 Å². The van der Waals surface area contributed by atoms with Gasteiger partial charge in [-0.1, -0.05) is 92.6 Å². The van der Waals surface area contributed by atoms with Crippen LogP contribution in [0, 0.1) is 11.8 Å². The lowest BCUT2D eigenvalue weighted by molar-refractivity contribution is -0.150. The zero-order valence-corrected chi connectivity index (χ0v) is 24.0. The number of hydrogen-bond acceptors (Lipinski definition) is 5. The molecule has 6 rings (SSSR count). The summed E-state index contributed by atoms with van der Waals surface area (Å²) >= 11 is 0. The zero-order chi connectivity index (χ0) is 29.3. The first-order chi connectivity index (χ1) is 20.5. The van der Waals surface area contributed by atoms with Gasteiger partial charge in [-0.2, -0.15) is 0 Å². The van der Waals surface area contributed by atoms with Gasteiger partial charge in [0.2, 0.25) is 17.7 Å². The molecule has 3 amide bonds. The molecular weight excluding hydrogens is 530 g/mol. The Morgan fingerprint density at radius 3 is 2.38 bits per heavy atom. The Morgan fingerprint density at radius 2 is 1.67 bits per heavy atom. The maximum absolute atomic E-state index is 14.7. The molecule has 1 N–H and O–H groups in total. The van der Waals surface area contributed by atoms with Gasteiger partial charge in [-0.15, -0.1) is 0 Å². The van der Waals surface area contributed by atoms with Crippen molar-refractivity contribution in [1.82, 2.24) is 9.80 Å². The molecule has 1 spiro atoms. The first-order valence-corrected chi connectivity index (χ1v) is 15.1.